The summed E-state index contributed by atoms with van der Waals surface area (Å²) in [6, 6.07) is 11.1. The van der Waals surface area contributed by atoms with Crippen molar-refractivity contribution in [3.63, 3.8) is 0 Å². The summed E-state index contributed by atoms with van der Waals surface area (Å²) in [5, 5.41) is 3.61. The molecule has 1 atom stereocenters. The van der Waals surface area contributed by atoms with Crippen LogP contribution in [0.5, 0.6) is 0 Å². The van der Waals surface area contributed by atoms with Gasteiger partial charge in [0.2, 0.25) is 0 Å². The second kappa shape index (κ2) is 9.15. The minimum atomic E-state index is 0.479. The lowest BCUT2D eigenvalue weighted by Gasteiger charge is -2.18. The van der Waals surface area contributed by atoms with E-state index in [1.165, 1.54) is 18.4 Å². The highest BCUT2D eigenvalue weighted by Gasteiger charge is 2.08. The van der Waals surface area contributed by atoms with Gasteiger partial charge in [-0.05, 0) is 12.0 Å². The number of benzene rings is 1. The molecule has 1 rings (SSSR count). The number of hydrogen-bond donors (Lipinski definition) is 1. The molecule has 0 amide bonds. The molecule has 0 aliphatic carbocycles. The number of terminal acetylenes is 1. The van der Waals surface area contributed by atoms with Crippen LogP contribution in [0.2, 0.25) is 0 Å². The van der Waals surface area contributed by atoms with Crippen molar-refractivity contribution in [2.24, 2.45) is 0 Å². The van der Waals surface area contributed by atoms with Gasteiger partial charge in [0.15, 0.2) is 0 Å². The highest BCUT2D eigenvalue weighted by atomic mass is 32.2. The van der Waals surface area contributed by atoms with Gasteiger partial charge in [-0.15, -0.1) is 18.2 Å². The van der Waals surface area contributed by atoms with Crippen molar-refractivity contribution < 1.29 is 0 Å². The third-order valence-electron chi connectivity index (χ3n) is 2.60. The molecule has 0 radical (unpaired) electrons. The Morgan fingerprint density at radius 2 is 2.12 bits per heavy atom. The minimum absolute atomic E-state index is 0.479. The molecule has 1 unspecified atom stereocenters. The molecule has 0 aliphatic heterocycles. The van der Waals surface area contributed by atoms with Crippen LogP contribution in [0.3, 0.4) is 0 Å². The SMILES string of the molecule is C#CCSCCNC(CCC)c1ccccc1. The van der Waals surface area contributed by atoms with Crippen LogP contribution in [-0.4, -0.2) is 18.1 Å². The van der Waals surface area contributed by atoms with Crippen LogP contribution in [0.25, 0.3) is 0 Å². The molecular weight excluding hydrogens is 226 g/mol. The first-order valence-corrected chi connectivity index (χ1v) is 7.33. The van der Waals surface area contributed by atoms with Gasteiger partial charge >= 0.3 is 0 Å². The summed E-state index contributed by atoms with van der Waals surface area (Å²) in [7, 11) is 0. The lowest BCUT2D eigenvalue weighted by atomic mass is 10.0. The van der Waals surface area contributed by atoms with E-state index in [0.717, 1.165) is 18.1 Å². The van der Waals surface area contributed by atoms with Gasteiger partial charge in [0.05, 0.1) is 5.75 Å². The van der Waals surface area contributed by atoms with Crippen LogP contribution in [0.15, 0.2) is 30.3 Å². The highest BCUT2D eigenvalue weighted by molar-refractivity contribution is 7.99. The third-order valence-corrected chi connectivity index (χ3v) is 3.47. The molecular formula is C15H21NS. The van der Waals surface area contributed by atoms with Gasteiger partial charge in [0.25, 0.3) is 0 Å². The minimum Gasteiger partial charge on any atom is -0.309 e. The fourth-order valence-corrected chi connectivity index (χ4v) is 2.32. The maximum atomic E-state index is 5.22. The molecule has 1 aromatic rings. The summed E-state index contributed by atoms with van der Waals surface area (Å²) in [6.45, 7) is 3.25. The predicted octanol–water partition coefficient (Wildman–Crippen LogP) is 3.48. The van der Waals surface area contributed by atoms with E-state index in [0.29, 0.717) is 6.04 Å². The van der Waals surface area contributed by atoms with Gasteiger partial charge < -0.3 is 5.32 Å². The topological polar surface area (TPSA) is 12.0 Å². The Morgan fingerprint density at radius 3 is 2.76 bits per heavy atom. The largest absolute Gasteiger partial charge is 0.309 e. The summed E-state index contributed by atoms with van der Waals surface area (Å²) in [4.78, 5) is 0. The lowest BCUT2D eigenvalue weighted by Crippen LogP contribution is -2.23. The van der Waals surface area contributed by atoms with E-state index in [4.69, 9.17) is 6.42 Å². The van der Waals surface area contributed by atoms with Crippen LogP contribution in [-0.2, 0) is 0 Å². The van der Waals surface area contributed by atoms with Gasteiger partial charge in [0.1, 0.15) is 0 Å². The molecule has 1 nitrogen and oxygen atoms in total. The molecule has 0 aromatic heterocycles. The van der Waals surface area contributed by atoms with Gasteiger partial charge in [-0.3, -0.25) is 0 Å². The monoisotopic (exact) mass is 247 g/mol. The second-order valence-electron chi connectivity index (χ2n) is 3.96. The van der Waals surface area contributed by atoms with Crippen molar-refractivity contribution in [2.75, 3.05) is 18.1 Å². The van der Waals surface area contributed by atoms with Crippen molar-refractivity contribution in [3.8, 4) is 12.3 Å². The van der Waals surface area contributed by atoms with E-state index in [1.807, 2.05) is 11.8 Å². The molecule has 1 N–H and O–H groups in total. The number of thioether (sulfide) groups is 1. The third kappa shape index (κ3) is 5.81. The Labute approximate surface area is 109 Å². The van der Waals surface area contributed by atoms with Crippen molar-refractivity contribution in [2.45, 2.75) is 25.8 Å². The molecule has 2 heteroatoms. The Hall–Kier alpha value is -0.910. The summed E-state index contributed by atoms with van der Waals surface area (Å²) in [5.41, 5.74) is 1.39. The molecule has 0 fully saturated rings. The predicted molar refractivity (Wildman–Crippen MR) is 78.3 cm³/mol. The molecule has 17 heavy (non-hydrogen) atoms. The molecule has 0 aliphatic rings. The van der Waals surface area contributed by atoms with Gasteiger partial charge in [-0.25, -0.2) is 0 Å². The highest BCUT2D eigenvalue weighted by Crippen LogP contribution is 2.17. The Morgan fingerprint density at radius 1 is 1.35 bits per heavy atom. The van der Waals surface area contributed by atoms with Gasteiger partial charge in [0, 0.05) is 18.3 Å². The van der Waals surface area contributed by atoms with Crippen LogP contribution < -0.4 is 5.32 Å². The van der Waals surface area contributed by atoms with Crippen LogP contribution in [0.1, 0.15) is 31.4 Å². The fourth-order valence-electron chi connectivity index (χ4n) is 1.80. The molecule has 0 heterocycles. The second-order valence-corrected chi connectivity index (χ2v) is 5.07. The van der Waals surface area contributed by atoms with Crippen molar-refractivity contribution >= 4 is 11.8 Å². The van der Waals surface area contributed by atoms with Gasteiger partial charge in [-0.1, -0.05) is 49.6 Å². The Balaban J connectivity index is 2.37. The average molecular weight is 247 g/mol. The number of hydrogen-bond acceptors (Lipinski definition) is 2. The smallest absolute Gasteiger partial charge is 0.0545 e. The van der Waals surface area contributed by atoms with Crippen molar-refractivity contribution in [3.05, 3.63) is 35.9 Å². The summed E-state index contributed by atoms with van der Waals surface area (Å²) in [5.74, 6) is 4.54. The van der Waals surface area contributed by atoms with E-state index >= 15 is 0 Å². The van der Waals surface area contributed by atoms with E-state index in [-0.39, 0.29) is 0 Å². The summed E-state index contributed by atoms with van der Waals surface area (Å²) < 4.78 is 0. The first kappa shape index (κ1) is 14.2. The first-order chi connectivity index (χ1) is 8.38. The number of nitrogens with one attached hydrogen (secondary N) is 1. The molecule has 1 aromatic carbocycles. The van der Waals surface area contributed by atoms with E-state index < -0.39 is 0 Å². The molecule has 0 bridgehead atoms. The number of rotatable bonds is 8. The Bertz CT molecular complexity index is 329. The maximum Gasteiger partial charge on any atom is 0.0545 e. The van der Waals surface area contributed by atoms with Crippen LogP contribution >= 0.6 is 11.8 Å². The zero-order valence-electron chi connectivity index (χ0n) is 10.5. The quantitative estimate of drug-likeness (QED) is 0.557. The normalized spacial score (nSPS) is 12.0. The van der Waals surface area contributed by atoms with E-state index in [1.54, 1.807) is 0 Å². The maximum absolute atomic E-state index is 5.22. The zero-order chi connectivity index (χ0) is 12.3. The summed E-state index contributed by atoms with van der Waals surface area (Å²) >= 11 is 1.81. The van der Waals surface area contributed by atoms with Crippen molar-refractivity contribution in [1.29, 1.82) is 0 Å². The lowest BCUT2D eigenvalue weighted by molar-refractivity contribution is 0.511. The average Bonchev–Trinajstić information content (AvgIpc) is 2.38. The van der Waals surface area contributed by atoms with Crippen LogP contribution in [0, 0.1) is 12.3 Å². The molecule has 0 spiro atoms. The zero-order valence-corrected chi connectivity index (χ0v) is 11.3. The van der Waals surface area contributed by atoms with E-state index in [9.17, 15) is 0 Å². The molecule has 0 saturated heterocycles. The molecule has 0 saturated carbocycles. The fraction of sp³-hybridized carbons (Fsp3) is 0.467. The summed E-state index contributed by atoms with van der Waals surface area (Å²) in [6.07, 6.45) is 7.60. The van der Waals surface area contributed by atoms with Gasteiger partial charge in [-0.2, -0.15) is 0 Å². The van der Waals surface area contributed by atoms with Crippen LogP contribution in [0.4, 0.5) is 0 Å². The Kier molecular flexibility index (Phi) is 7.62. The standard InChI is InChI=1S/C15H21NS/c1-3-8-15(14-9-6-5-7-10-14)16-11-13-17-12-4-2/h2,5-7,9-10,15-16H,3,8,11-13H2,1H3. The van der Waals surface area contributed by atoms with Crippen molar-refractivity contribution in [1.82, 2.24) is 5.32 Å². The molecule has 92 valence electrons. The first-order valence-electron chi connectivity index (χ1n) is 6.18. The van der Waals surface area contributed by atoms with E-state index in [2.05, 4.69) is 48.5 Å².